The van der Waals surface area contributed by atoms with Crippen molar-refractivity contribution in [2.24, 2.45) is 0 Å². The first-order valence-corrected chi connectivity index (χ1v) is 10.0. The van der Waals surface area contributed by atoms with E-state index in [1.807, 2.05) is 85.7 Å². The number of benzene rings is 3. The molecule has 5 nitrogen and oxygen atoms in total. The van der Waals surface area contributed by atoms with Gasteiger partial charge in [-0.1, -0.05) is 48.5 Å². The number of amides is 2. The average molecular weight is 399 g/mol. The molecule has 1 aliphatic rings. The molecular weight excluding hydrogens is 374 g/mol. The van der Waals surface area contributed by atoms with Crippen molar-refractivity contribution in [1.29, 1.82) is 0 Å². The Morgan fingerprint density at radius 2 is 1.60 bits per heavy atom. The lowest BCUT2D eigenvalue weighted by atomic mass is 10.1. The van der Waals surface area contributed by atoms with Crippen LogP contribution in [0.5, 0.6) is 0 Å². The summed E-state index contributed by atoms with van der Waals surface area (Å²) in [6.45, 7) is 0.423. The van der Waals surface area contributed by atoms with Crippen molar-refractivity contribution in [2.45, 2.75) is 19.0 Å². The van der Waals surface area contributed by atoms with Gasteiger partial charge in [0.2, 0.25) is 5.91 Å². The van der Waals surface area contributed by atoms with Gasteiger partial charge in [-0.25, -0.2) is 0 Å². The SMILES string of the molecule is CN(C)c1ccc(CNC(=O)[C@@H]2Cc3ccccc3N2C(=O)c2ccccc2)cc1. The van der Waals surface area contributed by atoms with Crippen molar-refractivity contribution in [3.63, 3.8) is 0 Å². The number of hydrogen-bond acceptors (Lipinski definition) is 3. The molecule has 0 saturated carbocycles. The molecule has 1 N–H and O–H groups in total. The van der Waals surface area contributed by atoms with Gasteiger partial charge in [0.05, 0.1) is 0 Å². The van der Waals surface area contributed by atoms with E-state index in [0.717, 1.165) is 22.5 Å². The summed E-state index contributed by atoms with van der Waals surface area (Å²) in [7, 11) is 3.99. The van der Waals surface area contributed by atoms with Gasteiger partial charge in [-0.15, -0.1) is 0 Å². The van der Waals surface area contributed by atoms with Gasteiger partial charge in [0.25, 0.3) is 5.91 Å². The van der Waals surface area contributed by atoms with Crippen LogP contribution in [-0.2, 0) is 17.8 Å². The Kier molecular flexibility index (Phi) is 5.53. The molecule has 0 fully saturated rings. The minimum atomic E-state index is -0.559. The van der Waals surface area contributed by atoms with Crippen LogP contribution in [0.1, 0.15) is 21.5 Å². The summed E-state index contributed by atoms with van der Waals surface area (Å²) < 4.78 is 0. The number of nitrogens with zero attached hydrogens (tertiary/aromatic N) is 2. The van der Waals surface area contributed by atoms with Crippen molar-refractivity contribution in [1.82, 2.24) is 5.32 Å². The zero-order chi connectivity index (χ0) is 21.1. The first-order chi connectivity index (χ1) is 14.5. The monoisotopic (exact) mass is 399 g/mol. The van der Waals surface area contributed by atoms with E-state index in [4.69, 9.17) is 0 Å². The Hall–Kier alpha value is -3.60. The third-order valence-electron chi connectivity index (χ3n) is 5.44. The summed E-state index contributed by atoms with van der Waals surface area (Å²) in [5.41, 5.74) is 4.52. The molecule has 3 aromatic carbocycles. The van der Waals surface area contributed by atoms with Crippen molar-refractivity contribution >= 4 is 23.2 Å². The molecule has 2 amide bonds. The highest BCUT2D eigenvalue weighted by Gasteiger charge is 2.38. The van der Waals surface area contributed by atoms with Gasteiger partial charge in [-0.3, -0.25) is 14.5 Å². The molecule has 3 aromatic rings. The predicted octanol–water partition coefficient (Wildman–Crippen LogP) is 3.64. The van der Waals surface area contributed by atoms with Crippen molar-refractivity contribution in [3.8, 4) is 0 Å². The first-order valence-electron chi connectivity index (χ1n) is 10.0. The van der Waals surface area contributed by atoms with Crippen LogP contribution < -0.4 is 15.1 Å². The second-order valence-electron chi connectivity index (χ2n) is 7.67. The molecule has 0 saturated heterocycles. The molecule has 0 spiro atoms. The molecule has 0 unspecified atom stereocenters. The van der Waals surface area contributed by atoms with Gasteiger partial charge in [-0.2, -0.15) is 0 Å². The Morgan fingerprint density at radius 3 is 2.30 bits per heavy atom. The van der Waals surface area contributed by atoms with Crippen LogP contribution >= 0.6 is 0 Å². The number of fused-ring (bicyclic) bond motifs is 1. The molecule has 0 aliphatic carbocycles. The van der Waals surface area contributed by atoms with Crippen LogP contribution in [0.25, 0.3) is 0 Å². The topological polar surface area (TPSA) is 52.7 Å². The molecule has 4 rings (SSSR count). The molecule has 5 heteroatoms. The quantitative estimate of drug-likeness (QED) is 0.713. The summed E-state index contributed by atoms with van der Waals surface area (Å²) in [6, 6.07) is 24.3. The number of para-hydroxylation sites is 1. The van der Waals surface area contributed by atoms with E-state index in [1.54, 1.807) is 17.0 Å². The van der Waals surface area contributed by atoms with Crippen LogP contribution in [0, 0.1) is 0 Å². The number of hydrogen-bond donors (Lipinski definition) is 1. The lowest BCUT2D eigenvalue weighted by Crippen LogP contribution is -2.48. The highest BCUT2D eigenvalue weighted by Crippen LogP contribution is 2.33. The molecule has 1 heterocycles. The maximum atomic E-state index is 13.2. The number of carbonyl (C=O) groups excluding carboxylic acids is 2. The fraction of sp³-hybridized carbons (Fsp3) is 0.200. The Morgan fingerprint density at radius 1 is 0.933 bits per heavy atom. The van der Waals surface area contributed by atoms with Gasteiger partial charge >= 0.3 is 0 Å². The zero-order valence-corrected chi connectivity index (χ0v) is 17.2. The standard InChI is InChI=1S/C25H25N3O2/c1-27(2)21-14-12-18(13-15-21)17-26-24(29)23-16-20-10-6-7-11-22(20)28(23)25(30)19-8-4-3-5-9-19/h3-15,23H,16-17H2,1-2H3,(H,26,29)/t23-/m0/s1. The van der Waals surface area contributed by atoms with Gasteiger partial charge < -0.3 is 10.2 Å². The number of nitrogens with one attached hydrogen (secondary N) is 1. The third-order valence-corrected chi connectivity index (χ3v) is 5.44. The van der Waals surface area contributed by atoms with Gasteiger partial charge in [0.1, 0.15) is 6.04 Å². The smallest absolute Gasteiger partial charge is 0.259 e. The third kappa shape index (κ3) is 3.92. The van der Waals surface area contributed by atoms with Crippen LogP contribution in [0.4, 0.5) is 11.4 Å². The summed E-state index contributed by atoms with van der Waals surface area (Å²) in [5, 5.41) is 3.01. The molecule has 0 radical (unpaired) electrons. The van der Waals surface area contributed by atoms with Crippen LogP contribution in [0.3, 0.4) is 0 Å². The van der Waals surface area contributed by atoms with E-state index in [9.17, 15) is 9.59 Å². The van der Waals surface area contributed by atoms with E-state index in [-0.39, 0.29) is 11.8 Å². The maximum absolute atomic E-state index is 13.2. The minimum absolute atomic E-state index is 0.146. The number of anilines is 2. The van der Waals surface area contributed by atoms with Crippen molar-refractivity contribution < 1.29 is 9.59 Å². The fourth-order valence-corrected chi connectivity index (χ4v) is 3.79. The lowest BCUT2D eigenvalue weighted by Gasteiger charge is -2.25. The summed E-state index contributed by atoms with van der Waals surface area (Å²) >= 11 is 0. The number of rotatable bonds is 5. The minimum Gasteiger partial charge on any atom is -0.378 e. The Bertz CT molecular complexity index is 1050. The van der Waals surface area contributed by atoms with Crippen molar-refractivity contribution in [3.05, 3.63) is 95.6 Å². The van der Waals surface area contributed by atoms with E-state index >= 15 is 0 Å². The van der Waals surface area contributed by atoms with E-state index in [2.05, 4.69) is 5.32 Å². The zero-order valence-electron chi connectivity index (χ0n) is 17.2. The predicted molar refractivity (Wildman–Crippen MR) is 120 cm³/mol. The molecule has 30 heavy (non-hydrogen) atoms. The van der Waals surface area contributed by atoms with Crippen molar-refractivity contribution in [2.75, 3.05) is 23.9 Å². The summed E-state index contributed by atoms with van der Waals surface area (Å²) in [4.78, 5) is 30.0. The van der Waals surface area contributed by atoms with Crippen LogP contribution in [0.15, 0.2) is 78.9 Å². The fourth-order valence-electron chi connectivity index (χ4n) is 3.79. The average Bonchev–Trinajstić information content (AvgIpc) is 3.17. The van der Waals surface area contributed by atoms with Gasteiger partial charge in [-0.05, 0) is 41.5 Å². The highest BCUT2D eigenvalue weighted by molar-refractivity contribution is 6.11. The molecule has 0 bridgehead atoms. The largest absolute Gasteiger partial charge is 0.378 e. The normalized spacial score (nSPS) is 14.9. The second-order valence-corrected chi connectivity index (χ2v) is 7.67. The Labute approximate surface area is 176 Å². The van der Waals surface area contributed by atoms with E-state index < -0.39 is 6.04 Å². The number of carbonyl (C=O) groups is 2. The summed E-state index contributed by atoms with van der Waals surface area (Å²) in [6.07, 6.45) is 0.514. The van der Waals surface area contributed by atoms with Crippen LogP contribution in [0.2, 0.25) is 0 Å². The lowest BCUT2D eigenvalue weighted by molar-refractivity contribution is -0.122. The molecule has 0 aromatic heterocycles. The van der Waals surface area contributed by atoms with Gasteiger partial charge in [0, 0.05) is 44.0 Å². The van der Waals surface area contributed by atoms with E-state index in [1.165, 1.54) is 0 Å². The Balaban J connectivity index is 1.53. The summed E-state index contributed by atoms with van der Waals surface area (Å²) in [5.74, 6) is -0.303. The molecule has 1 aliphatic heterocycles. The van der Waals surface area contributed by atoms with Gasteiger partial charge in [0.15, 0.2) is 0 Å². The van der Waals surface area contributed by atoms with E-state index in [0.29, 0.717) is 18.5 Å². The van der Waals surface area contributed by atoms with Crippen LogP contribution in [-0.4, -0.2) is 32.0 Å². The molecular formula is C25H25N3O2. The second kappa shape index (κ2) is 8.41. The highest BCUT2D eigenvalue weighted by atomic mass is 16.2. The molecule has 1 atom stereocenters. The maximum Gasteiger partial charge on any atom is 0.259 e. The molecule has 152 valence electrons. The first kappa shape index (κ1) is 19.7.